The van der Waals surface area contributed by atoms with Crippen LogP contribution in [0.15, 0.2) is 23.5 Å². The molecule has 0 aliphatic carbocycles. The highest BCUT2D eigenvalue weighted by molar-refractivity contribution is 7.99. The minimum atomic E-state index is -0.237. The Kier molecular flexibility index (Phi) is 10.5. The number of carbonyl (C=O) groups excluding carboxylic acids is 1. The second-order valence-corrected chi connectivity index (χ2v) is 9.80. The third kappa shape index (κ3) is 7.04. The Morgan fingerprint density at radius 2 is 1.72 bits per heavy atom. The van der Waals surface area contributed by atoms with Gasteiger partial charge in [-0.25, -0.2) is 14.6 Å². The molecule has 12 heteroatoms. The zero-order chi connectivity index (χ0) is 27.6. The van der Waals surface area contributed by atoms with Gasteiger partial charge in [0, 0.05) is 31.0 Å². The molecule has 1 fully saturated rings. The van der Waals surface area contributed by atoms with Crippen LogP contribution in [0.2, 0.25) is 0 Å². The lowest BCUT2D eigenvalue weighted by molar-refractivity contribution is 0.0951. The van der Waals surface area contributed by atoms with Crippen LogP contribution in [0.25, 0.3) is 11.0 Å². The Labute approximate surface area is 233 Å². The zero-order valence-electron chi connectivity index (χ0n) is 23.2. The fraction of sp³-hybridized carbons (Fsp3) is 0.556. The Hall–Kier alpha value is -3.25. The van der Waals surface area contributed by atoms with Crippen LogP contribution in [0.5, 0.6) is 17.2 Å². The Morgan fingerprint density at radius 1 is 1.03 bits per heavy atom. The molecular formula is C27H38N6O5S. The van der Waals surface area contributed by atoms with E-state index >= 15 is 0 Å². The van der Waals surface area contributed by atoms with Crippen molar-refractivity contribution in [2.45, 2.75) is 45.8 Å². The molecule has 1 aromatic carbocycles. The predicted octanol–water partition coefficient (Wildman–Crippen LogP) is 3.79. The summed E-state index contributed by atoms with van der Waals surface area (Å²) >= 11 is 1.64. The molecule has 0 bridgehead atoms. The number of nitrogens with zero attached hydrogens (tertiary/aromatic N) is 5. The number of morpholine rings is 1. The van der Waals surface area contributed by atoms with E-state index in [-0.39, 0.29) is 5.91 Å². The van der Waals surface area contributed by atoms with Crippen LogP contribution in [-0.2, 0) is 11.3 Å². The van der Waals surface area contributed by atoms with Gasteiger partial charge in [0.25, 0.3) is 5.91 Å². The molecule has 11 nitrogen and oxygen atoms in total. The van der Waals surface area contributed by atoms with E-state index in [0.29, 0.717) is 68.9 Å². The summed E-state index contributed by atoms with van der Waals surface area (Å²) in [7, 11) is 0. The van der Waals surface area contributed by atoms with E-state index in [1.165, 1.54) is 0 Å². The standard InChI is InChI=1S/C27H38N6O5S/c1-5-15-39-27-30-24(32-11-13-35-14-12-32)20-18-29-33(25(20)31-27)10-9-28-26(34)19-16-21(36-6-2)23(38-8-4)22(17-19)37-7-3/h16-18H,5-15H2,1-4H3,(H,28,34). The first-order chi connectivity index (χ1) is 19.1. The molecule has 3 heterocycles. The molecular weight excluding hydrogens is 520 g/mol. The number of hydrogen-bond donors (Lipinski definition) is 1. The summed E-state index contributed by atoms with van der Waals surface area (Å²) in [5, 5.41) is 9.22. The quantitative estimate of drug-likeness (QED) is 0.232. The predicted molar refractivity (Wildman–Crippen MR) is 152 cm³/mol. The van der Waals surface area contributed by atoms with Crippen LogP contribution in [0.3, 0.4) is 0 Å². The monoisotopic (exact) mass is 558 g/mol. The number of aromatic nitrogens is 4. The van der Waals surface area contributed by atoms with Crippen LogP contribution in [0.1, 0.15) is 44.5 Å². The molecule has 1 aliphatic rings. The van der Waals surface area contributed by atoms with Crippen molar-refractivity contribution in [2.75, 3.05) is 63.3 Å². The molecule has 0 radical (unpaired) electrons. The minimum Gasteiger partial charge on any atom is -0.490 e. The van der Waals surface area contributed by atoms with Gasteiger partial charge in [-0.2, -0.15) is 5.10 Å². The molecule has 0 spiro atoms. The number of benzene rings is 1. The van der Waals surface area contributed by atoms with Crippen molar-refractivity contribution < 1.29 is 23.7 Å². The topological polar surface area (TPSA) is 113 Å². The van der Waals surface area contributed by atoms with Gasteiger partial charge >= 0.3 is 0 Å². The van der Waals surface area contributed by atoms with Crippen LogP contribution in [-0.4, -0.2) is 84.1 Å². The molecule has 212 valence electrons. The first kappa shape index (κ1) is 28.8. The summed E-state index contributed by atoms with van der Waals surface area (Å²) in [6, 6.07) is 3.38. The van der Waals surface area contributed by atoms with Gasteiger partial charge in [0.05, 0.1) is 51.2 Å². The molecule has 1 aliphatic heterocycles. The summed E-state index contributed by atoms with van der Waals surface area (Å²) in [5.41, 5.74) is 1.20. The summed E-state index contributed by atoms with van der Waals surface area (Å²) < 4.78 is 24.6. The maximum absolute atomic E-state index is 13.1. The van der Waals surface area contributed by atoms with Gasteiger partial charge in [-0.05, 0) is 39.3 Å². The number of hydrogen-bond acceptors (Lipinski definition) is 10. The summed E-state index contributed by atoms with van der Waals surface area (Å²) in [4.78, 5) is 25.0. The number of fused-ring (bicyclic) bond motifs is 1. The smallest absolute Gasteiger partial charge is 0.251 e. The number of thioether (sulfide) groups is 1. The van der Waals surface area contributed by atoms with E-state index in [9.17, 15) is 4.79 Å². The first-order valence-corrected chi connectivity index (χ1v) is 14.6. The van der Waals surface area contributed by atoms with Gasteiger partial charge in [-0.1, -0.05) is 18.7 Å². The minimum absolute atomic E-state index is 0.237. The van der Waals surface area contributed by atoms with Gasteiger partial charge in [0.15, 0.2) is 22.3 Å². The van der Waals surface area contributed by atoms with Gasteiger partial charge in [0.1, 0.15) is 5.82 Å². The van der Waals surface area contributed by atoms with Crippen LogP contribution in [0, 0.1) is 0 Å². The normalized spacial score (nSPS) is 13.5. The average Bonchev–Trinajstić information content (AvgIpc) is 3.36. The van der Waals surface area contributed by atoms with Crippen LogP contribution in [0.4, 0.5) is 5.82 Å². The van der Waals surface area contributed by atoms with Gasteiger partial charge in [-0.15, -0.1) is 0 Å². The van der Waals surface area contributed by atoms with E-state index in [1.807, 2.05) is 31.6 Å². The second-order valence-electron chi connectivity index (χ2n) is 8.74. The van der Waals surface area contributed by atoms with E-state index in [4.69, 9.17) is 28.9 Å². The van der Waals surface area contributed by atoms with Gasteiger partial charge in [0.2, 0.25) is 5.75 Å². The molecule has 0 unspecified atom stereocenters. The zero-order valence-corrected chi connectivity index (χ0v) is 24.0. The van der Waals surface area contributed by atoms with Crippen molar-refractivity contribution in [3.63, 3.8) is 0 Å². The Bertz CT molecular complexity index is 1220. The molecule has 0 saturated carbocycles. The molecule has 3 aromatic rings. The number of carbonyl (C=O) groups is 1. The number of nitrogens with one attached hydrogen (secondary N) is 1. The lowest BCUT2D eigenvalue weighted by Gasteiger charge is -2.28. The summed E-state index contributed by atoms with van der Waals surface area (Å²) in [6.07, 6.45) is 2.84. The molecule has 4 rings (SSSR count). The van der Waals surface area contributed by atoms with Crippen molar-refractivity contribution in [1.82, 2.24) is 25.1 Å². The average molecular weight is 559 g/mol. The first-order valence-electron chi connectivity index (χ1n) is 13.6. The highest BCUT2D eigenvalue weighted by Crippen LogP contribution is 2.39. The largest absolute Gasteiger partial charge is 0.490 e. The van der Waals surface area contributed by atoms with Crippen molar-refractivity contribution in [3.8, 4) is 17.2 Å². The molecule has 1 N–H and O–H groups in total. The molecule has 39 heavy (non-hydrogen) atoms. The van der Waals surface area contributed by atoms with Gasteiger partial charge in [-0.3, -0.25) is 4.79 Å². The van der Waals surface area contributed by atoms with Crippen molar-refractivity contribution >= 4 is 34.5 Å². The van der Waals surface area contributed by atoms with E-state index in [1.54, 1.807) is 23.9 Å². The lowest BCUT2D eigenvalue weighted by Crippen LogP contribution is -2.37. The number of amides is 1. The van der Waals surface area contributed by atoms with Crippen molar-refractivity contribution in [3.05, 3.63) is 23.9 Å². The van der Waals surface area contributed by atoms with Crippen LogP contribution >= 0.6 is 11.8 Å². The van der Waals surface area contributed by atoms with E-state index in [2.05, 4.69) is 22.2 Å². The number of rotatable bonds is 14. The third-order valence-corrected chi connectivity index (χ3v) is 7.04. The Balaban J connectivity index is 1.52. The molecule has 0 atom stereocenters. The lowest BCUT2D eigenvalue weighted by atomic mass is 10.1. The number of ether oxygens (including phenoxy) is 4. The van der Waals surface area contributed by atoms with E-state index < -0.39 is 0 Å². The second kappa shape index (κ2) is 14.2. The number of anilines is 1. The van der Waals surface area contributed by atoms with Crippen molar-refractivity contribution in [2.24, 2.45) is 0 Å². The highest BCUT2D eigenvalue weighted by Gasteiger charge is 2.21. The SMILES string of the molecule is CCCSc1nc(N2CCOCC2)c2cnn(CCNC(=O)c3cc(OCC)c(OCC)c(OCC)c3)c2n1. The fourth-order valence-electron chi connectivity index (χ4n) is 4.26. The molecule has 2 aromatic heterocycles. The van der Waals surface area contributed by atoms with E-state index in [0.717, 1.165) is 47.3 Å². The van der Waals surface area contributed by atoms with Gasteiger partial charge < -0.3 is 29.2 Å². The fourth-order valence-corrected chi connectivity index (χ4v) is 4.94. The maximum Gasteiger partial charge on any atom is 0.251 e. The summed E-state index contributed by atoms with van der Waals surface area (Å²) in [5.74, 6) is 3.07. The third-order valence-electron chi connectivity index (χ3n) is 5.98. The highest BCUT2D eigenvalue weighted by atomic mass is 32.2. The molecule has 1 amide bonds. The maximum atomic E-state index is 13.1. The van der Waals surface area contributed by atoms with Crippen LogP contribution < -0.4 is 24.4 Å². The van der Waals surface area contributed by atoms with Crippen molar-refractivity contribution in [1.29, 1.82) is 0 Å². The Morgan fingerprint density at radius 3 is 2.36 bits per heavy atom. The summed E-state index contributed by atoms with van der Waals surface area (Å²) in [6.45, 7) is 12.9. The molecule has 1 saturated heterocycles.